The van der Waals surface area contributed by atoms with Crippen molar-refractivity contribution < 1.29 is 68.4 Å². The van der Waals surface area contributed by atoms with Crippen molar-refractivity contribution in [3.05, 3.63) is 29.8 Å². The maximum absolute atomic E-state index is 13.7. The van der Waals surface area contributed by atoms with Crippen LogP contribution in [0.5, 0.6) is 5.75 Å². The average molecular weight is 957 g/mol. The second-order valence-electron chi connectivity index (χ2n) is 14.4. The zero-order chi connectivity index (χ0) is 48.8. The summed E-state index contributed by atoms with van der Waals surface area (Å²) in [6.45, 7) is -2.25. The number of carbonyl (C=O) groups is 10. The van der Waals surface area contributed by atoms with Crippen molar-refractivity contribution in [2.24, 2.45) is 22.2 Å². The maximum Gasteiger partial charge on any atom is 0.326 e. The Balaban J connectivity index is 2.18. The number of nitrogens with zero attached hydrogens (tertiary/aromatic N) is 2. The van der Waals surface area contributed by atoms with Gasteiger partial charge in [0.1, 0.15) is 48.0 Å². The van der Waals surface area contributed by atoms with Crippen LogP contribution in [-0.2, 0) is 54.4 Å². The van der Waals surface area contributed by atoms with Crippen LogP contribution in [-0.4, -0.2) is 177 Å². The van der Waals surface area contributed by atoms with Gasteiger partial charge in [-0.1, -0.05) is 12.1 Å². The van der Waals surface area contributed by atoms with Gasteiger partial charge in [-0.2, -0.15) is 25.3 Å². The lowest BCUT2D eigenvalue weighted by Gasteiger charge is -2.30. The molecule has 0 aliphatic carbocycles. The fraction of sp³-hybridized carbons (Fsp3) is 0.541. The third-order valence-electron chi connectivity index (χ3n) is 9.49. The number of benzene rings is 1. The average Bonchev–Trinajstić information content (AvgIpc) is 3.76. The maximum atomic E-state index is 13.7. The van der Waals surface area contributed by atoms with Gasteiger partial charge >= 0.3 is 11.9 Å². The number of carboxylic acids is 2. The molecule has 1 aliphatic heterocycles. The number of aliphatic carboxylic acids is 2. The highest BCUT2D eigenvalue weighted by Crippen LogP contribution is 2.19. The predicted octanol–water partition coefficient (Wildman–Crippen LogP) is -6.63. The number of phenols is 1. The highest BCUT2D eigenvalue weighted by Gasteiger charge is 2.40. The van der Waals surface area contributed by atoms with Crippen LogP contribution in [0.1, 0.15) is 37.7 Å². The minimum Gasteiger partial charge on any atom is -0.508 e. The van der Waals surface area contributed by atoms with Gasteiger partial charge in [0, 0.05) is 31.0 Å². The minimum atomic E-state index is -1.91. The number of aliphatic imine (C=N–C) groups is 1. The van der Waals surface area contributed by atoms with E-state index in [1.54, 1.807) is 0 Å². The van der Waals surface area contributed by atoms with Gasteiger partial charge in [-0.3, -0.25) is 48.1 Å². The third kappa shape index (κ3) is 18.7. The molecule has 0 unspecified atom stereocenters. The molecule has 28 heteroatoms. The van der Waals surface area contributed by atoms with Crippen LogP contribution in [0.15, 0.2) is 29.3 Å². The number of guanidine groups is 1. The van der Waals surface area contributed by atoms with Crippen molar-refractivity contribution in [2.45, 2.75) is 80.8 Å². The summed E-state index contributed by atoms with van der Waals surface area (Å²) in [7, 11) is 0. The Morgan fingerprint density at radius 2 is 1.32 bits per heavy atom. The predicted molar refractivity (Wildman–Crippen MR) is 235 cm³/mol. The number of nitrogens with two attached hydrogens (primary N) is 3. The number of rotatable bonds is 27. The van der Waals surface area contributed by atoms with Gasteiger partial charge in [-0.05, 0) is 43.4 Å². The van der Waals surface area contributed by atoms with E-state index in [0.29, 0.717) is 5.56 Å². The van der Waals surface area contributed by atoms with Crippen molar-refractivity contribution in [2.75, 3.05) is 44.3 Å². The Hall–Kier alpha value is -6.39. The molecule has 0 spiro atoms. The van der Waals surface area contributed by atoms with Crippen molar-refractivity contribution in [1.82, 2.24) is 42.1 Å². The molecular formula is C37H56N12O14S2. The van der Waals surface area contributed by atoms with E-state index in [1.165, 1.54) is 24.3 Å². The molecule has 2 rings (SSSR count). The Morgan fingerprint density at radius 1 is 0.754 bits per heavy atom. The molecule has 360 valence electrons. The van der Waals surface area contributed by atoms with Crippen molar-refractivity contribution in [3.63, 3.8) is 0 Å². The monoisotopic (exact) mass is 956 g/mol. The van der Waals surface area contributed by atoms with Gasteiger partial charge in [-0.25, -0.2) is 4.79 Å². The first kappa shape index (κ1) is 54.7. The number of likely N-dealkylation sites (tertiary alicyclic amines) is 1. The number of amides is 8. The quantitative estimate of drug-likeness (QED) is 0.0169. The number of aliphatic hydroxyl groups excluding tert-OH is 1. The van der Waals surface area contributed by atoms with Crippen LogP contribution >= 0.6 is 25.3 Å². The lowest BCUT2D eigenvalue weighted by molar-refractivity contribution is -0.144. The molecule has 0 aromatic heterocycles. The summed E-state index contributed by atoms with van der Waals surface area (Å²) in [4.78, 5) is 133. The third-order valence-corrected chi connectivity index (χ3v) is 10.2. The smallest absolute Gasteiger partial charge is 0.326 e. The summed E-state index contributed by atoms with van der Waals surface area (Å²) >= 11 is 8.11. The largest absolute Gasteiger partial charge is 0.508 e. The highest BCUT2D eigenvalue weighted by molar-refractivity contribution is 7.80. The molecule has 1 aromatic rings. The molecule has 1 fully saturated rings. The molecule has 65 heavy (non-hydrogen) atoms. The van der Waals surface area contributed by atoms with Crippen LogP contribution in [0.2, 0.25) is 0 Å². The van der Waals surface area contributed by atoms with Gasteiger partial charge in [0.25, 0.3) is 0 Å². The van der Waals surface area contributed by atoms with Crippen LogP contribution in [0.3, 0.4) is 0 Å². The van der Waals surface area contributed by atoms with E-state index in [0.717, 1.165) is 4.90 Å². The van der Waals surface area contributed by atoms with Crippen LogP contribution in [0.25, 0.3) is 0 Å². The molecule has 1 saturated heterocycles. The first-order chi connectivity index (χ1) is 30.7. The van der Waals surface area contributed by atoms with E-state index in [-0.39, 0.29) is 68.4 Å². The SMILES string of the molecule is NCC(=O)N[C@H](CS)C(=O)NCC(=O)N[C@@H](CCCN=C(N)N)C(=O)N[C@@H](CC(=O)O)C(=O)N[C@@H](CO)C(=O)N1CCC[C@H]1C(=O)N[C@H](CS)C(=O)N[C@@H](Cc1ccc(O)cc1)C(=O)O. The van der Waals surface area contributed by atoms with Crippen LogP contribution in [0, 0.1) is 0 Å². The molecule has 1 heterocycles. The summed E-state index contributed by atoms with van der Waals surface area (Å²) in [5, 5.41) is 55.1. The summed E-state index contributed by atoms with van der Waals surface area (Å²) < 4.78 is 0. The summed E-state index contributed by atoms with van der Waals surface area (Å²) in [6.07, 6.45) is -0.988. The first-order valence-electron chi connectivity index (χ1n) is 19.9. The van der Waals surface area contributed by atoms with E-state index in [4.69, 9.17) is 17.2 Å². The topological polar surface area (TPSA) is 429 Å². The number of thiol groups is 2. The van der Waals surface area contributed by atoms with Crippen molar-refractivity contribution in [1.29, 1.82) is 0 Å². The Kier molecular flexibility index (Phi) is 23.3. The molecule has 0 saturated carbocycles. The summed E-state index contributed by atoms with van der Waals surface area (Å²) in [5.74, 6) is -11.2. The number of nitrogens with one attached hydrogen (secondary N) is 7. The van der Waals surface area contributed by atoms with Gasteiger partial charge < -0.3 is 79.7 Å². The molecule has 7 atom stereocenters. The standard InChI is InChI=1S/C37H56N12O14S2/c38-13-27(52)44-24(16-64)30(56)42-14-28(53)43-20(3-1-9-41-37(39)40)31(57)45-21(12-29(54)55)32(58)47-23(15-50)35(61)49-10-2-4-26(49)34(60)48-25(17-65)33(59)46-22(36(62)63)11-18-5-7-19(51)8-6-18/h5-8,20-26,50-51,64-65H,1-4,9-17,38H2,(H,42,56)(H,43,53)(H,44,52)(H,45,57)(H,46,59)(H,47,58)(H,48,60)(H,54,55)(H,62,63)(H4,39,40,41)/t20-,21-,22-,23-,24+,25+,26-/m0/s1. The van der Waals surface area contributed by atoms with E-state index in [9.17, 15) is 68.4 Å². The first-order valence-corrected chi connectivity index (χ1v) is 21.2. The molecule has 17 N–H and O–H groups in total. The number of carboxylic acid groups (broad SMARTS) is 2. The van der Waals surface area contributed by atoms with Gasteiger partial charge in [0.05, 0.1) is 26.1 Å². The van der Waals surface area contributed by atoms with E-state index < -0.39 is 128 Å². The number of carbonyl (C=O) groups excluding carboxylic acids is 8. The van der Waals surface area contributed by atoms with Gasteiger partial charge in [0.15, 0.2) is 5.96 Å². The Bertz CT molecular complexity index is 1910. The number of aliphatic hydroxyl groups is 1. The van der Waals surface area contributed by atoms with Crippen LogP contribution in [0.4, 0.5) is 0 Å². The molecule has 1 aliphatic rings. The second-order valence-corrected chi connectivity index (χ2v) is 15.1. The lowest BCUT2D eigenvalue weighted by Crippen LogP contribution is -2.60. The molecule has 8 amide bonds. The zero-order valence-electron chi connectivity index (χ0n) is 34.9. The zero-order valence-corrected chi connectivity index (χ0v) is 36.7. The van der Waals surface area contributed by atoms with Gasteiger partial charge in [-0.15, -0.1) is 0 Å². The Morgan fingerprint density at radius 3 is 1.89 bits per heavy atom. The normalized spacial score (nSPS) is 15.9. The number of aromatic hydroxyl groups is 1. The van der Waals surface area contributed by atoms with Crippen molar-refractivity contribution >= 4 is 90.4 Å². The number of phenolic OH excluding ortho intramolecular Hbond substituents is 1. The second kappa shape index (κ2) is 27.7. The number of hydrogen-bond acceptors (Lipinski definition) is 16. The highest BCUT2D eigenvalue weighted by atomic mass is 32.1. The van der Waals surface area contributed by atoms with E-state index in [2.05, 4.69) is 67.5 Å². The summed E-state index contributed by atoms with van der Waals surface area (Å²) in [5.41, 5.74) is 16.4. The fourth-order valence-corrected chi connectivity index (χ4v) is 6.69. The lowest BCUT2D eigenvalue weighted by atomic mass is 10.1. The molecule has 1 aromatic carbocycles. The van der Waals surface area contributed by atoms with Crippen molar-refractivity contribution in [3.8, 4) is 5.75 Å². The fourth-order valence-electron chi connectivity index (χ4n) is 6.18. The molecular weight excluding hydrogens is 901 g/mol. The molecule has 26 nitrogen and oxygen atoms in total. The number of hydrogen-bond donors (Lipinski definition) is 16. The molecule has 0 bridgehead atoms. The summed E-state index contributed by atoms with van der Waals surface area (Å²) in [6, 6.07) is -4.77. The van der Waals surface area contributed by atoms with E-state index in [1.807, 2.05) is 0 Å². The Labute approximate surface area is 382 Å². The van der Waals surface area contributed by atoms with Gasteiger partial charge in [0.2, 0.25) is 47.3 Å². The van der Waals surface area contributed by atoms with E-state index >= 15 is 0 Å². The molecule has 0 radical (unpaired) electrons. The minimum absolute atomic E-state index is 0.0200. The van der Waals surface area contributed by atoms with Crippen LogP contribution < -0.4 is 54.4 Å².